The Morgan fingerprint density at radius 3 is 2.75 bits per heavy atom. The zero-order chi connectivity index (χ0) is 20.1. The smallest absolute Gasteiger partial charge is 0.307 e. The summed E-state index contributed by atoms with van der Waals surface area (Å²) in [6.07, 6.45) is 0.184. The van der Waals surface area contributed by atoms with Crippen LogP contribution < -0.4 is 21.1 Å². The van der Waals surface area contributed by atoms with Gasteiger partial charge in [-0.05, 0) is 13.8 Å². The van der Waals surface area contributed by atoms with Gasteiger partial charge in [-0.15, -0.1) is 0 Å². The predicted octanol–water partition coefficient (Wildman–Crippen LogP) is -0.266. The minimum Gasteiger partial charge on any atom is -0.466 e. The molecule has 2 aromatic rings. The molecule has 0 unspecified atom stereocenters. The summed E-state index contributed by atoms with van der Waals surface area (Å²) >= 11 is 0. The van der Waals surface area contributed by atoms with Gasteiger partial charge in [0.05, 0.1) is 13.0 Å². The van der Waals surface area contributed by atoms with Crippen LogP contribution in [0.25, 0.3) is 11.2 Å². The third-order valence-corrected chi connectivity index (χ3v) is 4.42. The fourth-order valence-electron chi connectivity index (χ4n) is 3.06. The van der Waals surface area contributed by atoms with E-state index in [9.17, 15) is 9.59 Å². The molecular formula is C18H25N7O3. The Hall–Kier alpha value is -3.06. The molecule has 0 aromatic carbocycles. The molecule has 0 amide bonds. The molecule has 28 heavy (non-hydrogen) atoms. The molecule has 2 aromatic heterocycles. The van der Waals surface area contributed by atoms with Crippen LogP contribution in [0.4, 0.5) is 11.9 Å². The lowest BCUT2D eigenvalue weighted by Gasteiger charge is -2.27. The molecule has 0 saturated carbocycles. The molecule has 1 saturated heterocycles. The lowest BCUT2D eigenvalue weighted by molar-refractivity contribution is -0.142. The number of imidazole rings is 1. The van der Waals surface area contributed by atoms with E-state index in [-0.39, 0.29) is 17.9 Å². The van der Waals surface area contributed by atoms with Crippen LogP contribution in [0.1, 0.15) is 20.3 Å². The summed E-state index contributed by atoms with van der Waals surface area (Å²) in [6, 6.07) is 2.96. The van der Waals surface area contributed by atoms with Gasteiger partial charge in [-0.2, -0.15) is 9.97 Å². The number of hydrogen-bond acceptors (Lipinski definition) is 8. The average molecular weight is 387 g/mol. The highest BCUT2D eigenvalue weighted by atomic mass is 16.5. The van der Waals surface area contributed by atoms with E-state index in [0.29, 0.717) is 36.2 Å². The molecular weight excluding hydrogens is 362 g/mol. The maximum Gasteiger partial charge on any atom is 0.307 e. The Bertz CT molecular complexity index is 977. The number of esters is 1. The van der Waals surface area contributed by atoms with Crippen LogP contribution in [0.5, 0.6) is 0 Å². The number of aromatic nitrogens is 4. The molecule has 1 aliphatic heterocycles. The Kier molecular flexibility index (Phi) is 6.16. The normalized spacial score (nSPS) is 13.9. The highest BCUT2D eigenvalue weighted by Crippen LogP contribution is 2.20. The molecule has 10 heteroatoms. The molecule has 150 valence electrons. The van der Waals surface area contributed by atoms with E-state index in [1.165, 1.54) is 4.57 Å². The highest BCUT2D eigenvalue weighted by Gasteiger charge is 2.22. The number of nitrogens with zero attached hydrogens (tertiary/aromatic N) is 5. The van der Waals surface area contributed by atoms with Gasteiger partial charge in [0.1, 0.15) is 0 Å². The Morgan fingerprint density at radius 2 is 2.07 bits per heavy atom. The molecule has 0 aliphatic carbocycles. The minimum atomic E-state index is -0.301. The van der Waals surface area contributed by atoms with Crippen molar-refractivity contribution in [1.29, 1.82) is 0 Å². The first-order chi connectivity index (χ1) is 13.6. The quantitative estimate of drug-likeness (QED) is 0.516. The first-order valence-corrected chi connectivity index (χ1v) is 9.34. The second kappa shape index (κ2) is 8.75. The molecule has 0 radical (unpaired) electrons. The monoisotopic (exact) mass is 387 g/mol. The molecule has 3 rings (SSSR count). The first-order valence-electron chi connectivity index (χ1n) is 9.34. The summed E-state index contributed by atoms with van der Waals surface area (Å²) in [5.74, 6) is 3.52. The van der Waals surface area contributed by atoms with Gasteiger partial charge in [0.15, 0.2) is 11.2 Å². The zero-order valence-electron chi connectivity index (χ0n) is 16.4. The third kappa shape index (κ3) is 3.94. The third-order valence-electron chi connectivity index (χ3n) is 4.42. The van der Waals surface area contributed by atoms with Crippen molar-refractivity contribution >= 4 is 29.0 Å². The number of fused-ring (bicyclic) bond motifs is 1. The number of anilines is 2. The van der Waals surface area contributed by atoms with E-state index >= 15 is 0 Å². The molecule has 10 nitrogen and oxygen atoms in total. The number of hydrogen-bond donors (Lipinski definition) is 2. The van der Waals surface area contributed by atoms with E-state index in [2.05, 4.69) is 37.5 Å². The number of rotatable bonds is 6. The van der Waals surface area contributed by atoms with Crippen LogP contribution in [0.2, 0.25) is 0 Å². The van der Waals surface area contributed by atoms with Gasteiger partial charge < -0.3 is 20.3 Å². The van der Waals surface area contributed by atoms with E-state index in [1.54, 1.807) is 25.5 Å². The lowest BCUT2D eigenvalue weighted by atomic mass is 10.4. The topological polar surface area (TPSA) is 106 Å². The van der Waals surface area contributed by atoms with Crippen molar-refractivity contribution in [3.8, 4) is 12.0 Å². The van der Waals surface area contributed by atoms with Gasteiger partial charge in [-0.25, -0.2) is 4.57 Å². The second-order valence-electron chi connectivity index (χ2n) is 6.30. The van der Waals surface area contributed by atoms with Crippen molar-refractivity contribution in [2.45, 2.75) is 20.3 Å². The van der Waals surface area contributed by atoms with E-state index in [0.717, 1.165) is 26.2 Å². The van der Waals surface area contributed by atoms with Crippen molar-refractivity contribution in [3.63, 3.8) is 0 Å². The largest absolute Gasteiger partial charge is 0.466 e. The summed E-state index contributed by atoms with van der Waals surface area (Å²) in [7, 11) is 1.63. The number of ether oxygens (including phenoxy) is 1. The molecule has 0 atom stereocenters. The zero-order valence-corrected chi connectivity index (χ0v) is 16.4. The van der Waals surface area contributed by atoms with Gasteiger partial charge in [-0.3, -0.25) is 14.2 Å². The minimum absolute atomic E-state index is 0.184. The molecule has 2 N–H and O–H groups in total. The molecule has 0 spiro atoms. The number of nitrogens with one attached hydrogen (secondary N) is 2. The van der Waals surface area contributed by atoms with Gasteiger partial charge in [-0.1, -0.05) is 5.92 Å². The van der Waals surface area contributed by atoms with E-state index < -0.39 is 0 Å². The Balaban J connectivity index is 1.96. The molecule has 1 fully saturated rings. The van der Waals surface area contributed by atoms with Crippen LogP contribution in [-0.2, 0) is 16.6 Å². The number of carbonyl (C=O) groups excluding carboxylic acids is 1. The summed E-state index contributed by atoms with van der Waals surface area (Å²) in [6.45, 7) is 7.37. The second-order valence-corrected chi connectivity index (χ2v) is 6.30. The van der Waals surface area contributed by atoms with Crippen LogP contribution >= 0.6 is 0 Å². The van der Waals surface area contributed by atoms with E-state index in [1.807, 2.05) is 0 Å². The van der Waals surface area contributed by atoms with Crippen molar-refractivity contribution in [2.75, 3.05) is 49.5 Å². The molecule has 1 aliphatic rings. The standard InChI is InChI=1S/C18H25N7O3/c1-4-10-25-14-15(22-18(25)24-11-8-19-9-12-24)21-17(23(3)16(14)27)20-7-6-13(26)28-5-2/h19H,5-9,11-12H2,1-3H3,(H,20,21). The van der Waals surface area contributed by atoms with Gasteiger partial charge >= 0.3 is 5.97 Å². The lowest BCUT2D eigenvalue weighted by Crippen LogP contribution is -2.44. The van der Waals surface area contributed by atoms with Crippen LogP contribution in [0.15, 0.2) is 4.79 Å². The predicted molar refractivity (Wildman–Crippen MR) is 106 cm³/mol. The Labute approximate surface area is 162 Å². The fourth-order valence-corrected chi connectivity index (χ4v) is 3.06. The maximum atomic E-state index is 13.0. The van der Waals surface area contributed by atoms with E-state index in [4.69, 9.17) is 4.74 Å². The van der Waals surface area contributed by atoms with Crippen molar-refractivity contribution < 1.29 is 9.53 Å². The van der Waals surface area contributed by atoms with Crippen molar-refractivity contribution in [1.82, 2.24) is 24.4 Å². The SMILES string of the molecule is CC#Cn1c(N2CCNCC2)nc2nc(NCCC(=O)OCC)n(C)c(=O)c21. The fraction of sp³-hybridized carbons (Fsp3) is 0.556. The van der Waals surface area contributed by atoms with Crippen molar-refractivity contribution in [3.05, 3.63) is 10.4 Å². The summed E-state index contributed by atoms with van der Waals surface area (Å²) < 4.78 is 7.94. The molecule has 3 heterocycles. The van der Waals surface area contributed by atoms with Crippen molar-refractivity contribution in [2.24, 2.45) is 7.05 Å². The maximum absolute atomic E-state index is 13.0. The summed E-state index contributed by atoms with van der Waals surface area (Å²) in [5, 5.41) is 6.31. The number of carbonyl (C=O) groups is 1. The average Bonchev–Trinajstić information content (AvgIpc) is 3.05. The molecule has 0 bridgehead atoms. The van der Waals surface area contributed by atoms with Crippen LogP contribution in [-0.4, -0.2) is 64.4 Å². The number of piperazine rings is 1. The summed E-state index contributed by atoms with van der Waals surface area (Å²) in [5.41, 5.74) is 0.430. The van der Waals surface area contributed by atoms with Gasteiger partial charge in [0.2, 0.25) is 11.9 Å². The first kappa shape index (κ1) is 19.7. The van der Waals surface area contributed by atoms with Gasteiger partial charge in [0.25, 0.3) is 5.56 Å². The summed E-state index contributed by atoms with van der Waals surface area (Å²) in [4.78, 5) is 35.7. The van der Waals surface area contributed by atoms with Crippen LogP contribution in [0, 0.1) is 12.0 Å². The highest BCUT2D eigenvalue weighted by molar-refractivity contribution is 5.77. The van der Waals surface area contributed by atoms with Crippen LogP contribution in [0.3, 0.4) is 0 Å². The van der Waals surface area contributed by atoms with Gasteiger partial charge in [0, 0.05) is 45.8 Å². The Morgan fingerprint density at radius 1 is 1.32 bits per heavy atom.